The van der Waals surface area contributed by atoms with Crippen LogP contribution in [0.3, 0.4) is 0 Å². The van der Waals surface area contributed by atoms with E-state index in [9.17, 15) is 0 Å². The molecule has 0 spiro atoms. The molecule has 0 aliphatic heterocycles. The van der Waals surface area contributed by atoms with E-state index in [0.717, 1.165) is 22.2 Å². The summed E-state index contributed by atoms with van der Waals surface area (Å²) < 4.78 is 0.680. The molecule has 2 nitrogen and oxygen atoms in total. The van der Waals surface area contributed by atoms with Crippen LogP contribution in [0.25, 0.3) is 10.9 Å². The fourth-order valence-corrected chi connectivity index (χ4v) is 1.68. The number of nitrogens with two attached hydrogens (primary N) is 1. The number of fused-ring (bicyclic) bond motifs is 1. The summed E-state index contributed by atoms with van der Waals surface area (Å²) in [5.41, 5.74) is 8.78. The van der Waals surface area contributed by atoms with Crippen molar-refractivity contribution in [1.29, 1.82) is 0 Å². The van der Waals surface area contributed by atoms with Gasteiger partial charge in [-0.2, -0.15) is 0 Å². The van der Waals surface area contributed by atoms with Gasteiger partial charge in [0, 0.05) is 11.1 Å². The number of hydrogen-bond acceptors (Lipinski definition) is 2. The Morgan fingerprint density at radius 3 is 2.92 bits per heavy atom. The Morgan fingerprint density at radius 2 is 2.15 bits per heavy atom. The van der Waals surface area contributed by atoms with Gasteiger partial charge in [0.05, 0.1) is 5.52 Å². The lowest BCUT2D eigenvalue weighted by Crippen LogP contribution is -1.91. The number of pyridine rings is 1. The van der Waals surface area contributed by atoms with Crippen LogP contribution in [0.1, 0.15) is 5.56 Å². The molecule has 0 amide bonds. The molecule has 3 heteroatoms. The zero-order chi connectivity index (χ0) is 9.42. The first-order valence-electron chi connectivity index (χ1n) is 4.06. The van der Waals surface area contributed by atoms with Crippen LogP contribution in [-0.2, 0) is 0 Å². The van der Waals surface area contributed by atoms with Crippen molar-refractivity contribution in [2.75, 3.05) is 5.73 Å². The molecule has 0 bridgehead atoms. The van der Waals surface area contributed by atoms with Crippen molar-refractivity contribution in [2.24, 2.45) is 0 Å². The van der Waals surface area contributed by atoms with Gasteiger partial charge in [0.15, 0.2) is 0 Å². The highest BCUT2D eigenvalue weighted by atomic mass is 32.1. The summed E-state index contributed by atoms with van der Waals surface area (Å²) in [5, 5.41) is 1.04. The summed E-state index contributed by atoms with van der Waals surface area (Å²) >= 11 is 5.05. The molecular weight excluding hydrogens is 180 g/mol. The maximum atomic E-state index is 5.84. The molecular formula is C10H10N2S. The lowest BCUT2D eigenvalue weighted by molar-refractivity contribution is 1.34. The van der Waals surface area contributed by atoms with Crippen LogP contribution in [0.2, 0.25) is 0 Å². The van der Waals surface area contributed by atoms with Crippen LogP contribution in [0.15, 0.2) is 24.3 Å². The second-order valence-corrected chi connectivity index (χ2v) is 3.53. The molecule has 0 fully saturated rings. The van der Waals surface area contributed by atoms with E-state index in [2.05, 4.69) is 4.98 Å². The van der Waals surface area contributed by atoms with E-state index >= 15 is 0 Å². The number of nitrogen functional groups attached to an aromatic ring is 1. The molecule has 66 valence electrons. The highest BCUT2D eigenvalue weighted by molar-refractivity contribution is 7.71. The van der Waals surface area contributed by atoms with Crippen LogP contribution in [-0.4, -0.2) is 4.98 Å². The van der Waals surface area contributed by atoms with Gasteiger partial charge >= 0.3 is 0 Å². The predicted molar refractivity (Wildman–Crippen MR) is 58.3 cm³/mol. The number of nitrogens with one attached hydrogen (secondary N) is 1. The van der Waals surface area contributed by atoms with Crippen molar-refractivity contribution in [3.63, 3.8) is 0 Å². The van der Waals surface area contributed by atoms with E-state index in [0.29, 0.717) is 4.64 Å². The fourth-order valence-electron chi connectivity index (χ4n) is 1.45. The number of rotatable bonds is 0. The lowest BCUT2D eigenvalue weighted by atomic mass is 10.1. The molecule has 3 N–H and O–H groups in total. The largest absolute Gasteiger partial charge is 0.398 e. The van der Waals surface area contributed by atoms with E-state index < -0.39 is 0 Å². The van der Waals surface area contributed by atoms with Crippen molar-refractivity contribution in [3.05, 3.63) is 34.5 Å². The molecule has 0 saturated heterocycles. The van der Waals surface area contributed by atoms with Gasteiger partial charge in [-0.3, -0.25) is 0 Å². The first-order valence-corrected chi connectivity index (χ1v) is 4.47. The summed E-state index contributed by atoms with van der Waals surface area (Å²) in [6.07, 6.45) is 0. The molecule has 0 aliphatic rings. The molecule has 0 atom stereocenters. The average Bonchev–Trinajstić information content (AvgIpc) is 2.07. The summed E-state index contributed by atoms with van der Waals surface area (Å²) in [7, 11) is 0. The molecule has 0 saturated carbocycles. The third kappa shape index (κ3) is 1.31. The van der Waals surface area contributed by atoms with E-state index in [1.165, 1.54) is 0 Å². The van der Waals surface area contributed by atoms with E-state index in [-0.39, 0.29) is 0 Å². The Kier molecular flexibility index (Phi) is 1.81. The highest BCUT2D eigenvalue weighted by Crippen LogP contribution is 2.21. The molecule has 0 aliphatic carbocycles. The SMILES string of the molecule is Cc1cccc2c(N)cc(=S)[nH]c12. The second kappa shape index (κ2) is 2.85. The average molecular weight is 190 g/mol. The van der Waals surface area contributed by atoms with Crippen molar-refractivity contribution >= 4 is 28.8 Å². The molecule has 0 unspecified atom stereocenters. The van der Waals surface area contributed by atoms with Crippen LogP contribution >= 0.6 is 12.2 Å². The first-order chi connectivity index (χ1) is 6.18. The van der Waals surface area contributed by atoms with Gasteiger partial charge in [-0.15, -0.1) is 0 Å². The van der Waals surface area contributed by atoms with Gasteiger partial charge in [0.1, 0.15) is 4.64 Å². The number of H-pyrrole nitrogens is 1. The van der Waals surface area contributed by atoms with E-state index in [4.69, 9.17) is 18.0 Å². The third-order valence-electron chi connectivity index (χ3n) is 2.12. The quantitative estimate of drug-likeness (QED) is 0.627. The molecule has 2 rings (SSSR count). The third-order valence-corrected chi connectivity index (χ3v) is 2.34. The van der Waals surface area contributed by atoms with Crippen LogP contribution in [0, 0.1) is 11.6 Å². The maximum Gasteiger partial charge on any atom is 0.105 e. The van der Waals surface area contributed by atoms with Crippen LogP contribution < -0.4 is 5.73 Å². The summed E-state index contributed by atoms with van der Waals surface area (Å²) in [5.74, 6) is 0. The minimum atomic E-state index is 0.680. The standard InChI is InChI=1S/C10H10N2S/c1-6-3-2-4-7-8(11)5-9(13)12-10(6)7/h2-5H,1H3,(H3,11,12,13). The Hall–Kier alpha value is -1.35. The molecule has 1 heterocycles. The molecule has 13 heavy (non-hydrogen) atoms. The van der Waals surface area contributed by atoms with Crippen molar-refractivity contribution in [3.8, 4) is 0 Å². The van der Waals surface area contributed by atoms with Crippen molar-refractivity contribution in [1.82, 2.24) is 4.98 Å². The number of aryl methyl sites for hydroxylation is 1. The zero-order valence-corrected chi connectivity index (χ0v) is 8.11. The predicted octanol–water partition coefficient (Wildman–Crippen LogP) is 2.79. The molecule has 2 aromatic rings. The zero-order valence-electron chi connectivity index (χ0n) is 7.29. The Morgan fingerprint density at radius 1 is 1.38 bits per heavy atom. The smallest absolute Gasteiger partial charge is 0.105 e. The minimum absolute atomic E-state index is 0.680. The van der Waals surface area contributed by atoms with E-state index in [1.54, 1.807) is 6.07 Å². The second-order valence-electron chi connectivity index (χ2n) is 3.09. The Balaban J connectivity index is 3.03. The van der Waals surface area contributed by atoms with E-state index in [1.807, 2.05) is 25.1 Å². The van der Waals surface area contributed by atoms with Crippen molar-refractivity contribution < 1.29 is 0 Å². The summed E-state index contributed by atoms with van der Waals surface area (Å²) in [6.45, 7) is 2.03. The van der Waals surface area contributed by atoms with Gasteiger partial charge in [-0.25, -0.2) is 0 Å². The van der Waals surface area contributed by atoms with Gasteiger partial charge in [0.25, 0.3) is 0 Å². The number of benzene rings is 1. The summed E-state index contributed by atoms with van der Waals surface area (Å²) in [6, 6.07) is 7.79. The number of hydrogen-bond donors (Lipinski definition) is 2. The molecule has 1 aromatic heterocycles. The lowest BCUT2D eigenvalue weighted by Gasteiger charge is -2.04. The van der Waals surface area contributed by atoms with Crippen molar-refractivity contribution in [2.45, 2.75) is 6.92 Å². The number of aromatic amines is 1. The van der Waals surface area contributed by atoms with Gasteiger partial charge < -0.3 is 10.7 Å². The topological polar surface area (TPSA) is 41.8 Å². The Labute approximate surface area is 81.4 Å². The van der Waals surface area contributed by atoms with Crippen LogP contribution in [0.4, 0.5) is 5.69 Å². The van der Waals surface area contributed by atoms with Crippen LogP contribution in [0.5, 0.6) is 0 Å². The molecule has 0 radical (unpaired) electrons. The fraction of sp³-hybridized carbons (Fsp3) is 0.100. The number of anilines is 1. The normalized spacial score (nSPS) is 10.5. The Bertz CT molecular complexity index is 514. The van der Waals surface area contributed by atoms with Gasteiger partial charge in [0.2, 0.25) is 0 Å². The monoisotopic (exact) mass is 190 g/mol. The number of para-hydroxylation sites is 1. The minimum Gasteiger partial charge on any atom is -0.398 e. The number of aromatic nitrogens is 1. The summed E-state index contributed by atoms with van der Waals surface area (Å²) in [4.78, 5) is 3.13. The van der Waals surface area contributed by atoms with Gasteiger partial charge in [-0.05, 0) is 18.6 Å². The highest BCUT2D eigenvalue weighted by Gasteiger charge is 1.99. The van der Waals surface area contributed by atoms with Gasteiger partial charge in [-0.1, -0.05) is 30.4 Å². The first kappa shape index (κ1) is 8.26. The molecule has 1 aromatic carbocycles. The maximum absolute atomic E-state index is 5.84.